The Morgan fingerprint density at radius 2 is 2.40 bits per heavy atom. The van der Waals surface area contributed by atoms with Gasteiger partial charge in [-0.25, -0.2) is 4.98 Å². The van der Waals surface area contributed by atoms with Gasteiger partial charge >= 0.3 is 0 Å². The van der Waals surface area contributed by atoms with Crippen LogP contribution in [0.4, 0.5) is 0 Å². The van der Waals surface area contributed by atoms with E-state index < -0.39 is 0 Å². The van der Waals surface area contributed by atoms with E-state index >= 15 is 0 Å². The topological polar surface area (TPSA) is 24.9 Å². The molecule has 0 spiro atoms. The van der Waals surface area contributed by atoms with Gasteiger partial charge in [-0.1, -0.05) is 18.5 Å². The lowest BCUT2D eigenvalue weighted by Gasteiger charge is -2.11. The molecule has 2 nitrogen and oxygen atoms in total. The Hall–Kier alpha value is -0.250. The molecule has 1 aromatic rings. The molecular weight excluding hydrogens is 228 g/mol. The first-order valence-corrected chi connectivity index (χ1v) is 6.51. The maximum Gasteiger partial charge on any atom is 0.0964 e. The molecule has 1 aliphatic rings. The number of rotatable bonds is 5. The van der Waals surface area contributed by atoms with Gasteiger partial charge in [0.25, 0.3) is 0 Å². The smallest absolute Gasteiger partial charge is 0.0964 e. The summed E-state index contributed by atoms with van der Waals surface area (Å²) >= 11 is 7.56. The van der Waals surface area contributed by atoms with Crippen LogP contribution < -0.4 is 5.32 Å². The number of nitrogens with zero attached hydrogens (tertiary/aromatic N) is 1. The summed E-state index contributed by atoms with van der Waals surface area (Å²) < 4.78 is 0. The zero-order valence-electron chi connectivity index (χ0n) is 8.74. The van der Waals surface area contributed by atoms with Gasteiger partial charge in [0.15, 0.2) is 0 Å². The fourth-order valence-electron chi connectivity index (χ4n) is 1.30. The fraction of sp³-hybridized carbons (Fsp3) is 0.545. The van der Waals surface area contributed by atoms with Crippen LogP contribution in [0.5, 0.6) is 0 Å². The predicted molar refractivity (Wildman–Crippen MR) is 65.6 cm³/mol. The molecule has 0 aromatic carbocycles. The van der Waals surface area contributed by atoms with Gasteiger partial charge in [0.05, 0.1) is 10.0 Å². The van der Waals surface area contributed by atoms with E-state index in [9.17, 15) is 0 Å². The summed E-state index contributed by atoms with van der Waals surface area (Å²) in [5.74, 6) is 0. The van der Waals surface area contributed by atoms with Gasteiger partial charge in [-0.15, -0.1) is 11.8 Å². The van der Waals surface area contributed by atoms with Crippen molar-refractivity contribution in [3.8, 4) is 0 Å². The molecule has 0 radical (unpaired) electrons. The number of thioether (sulfide) groups is 1. The Morgan fingerprint density at radius 3 is 3.00 bits per heavy atom. The Kier molecular flexibility index (Phi) is 3.89. The van der Waals surface area contributed by atoms with Gasteiger partial charge in [-0.3, -0.25) is 0 Å². The van der Waals surface area contributed by atoms with Crippen LogP contribution in [0.1, 0.15) is 19.8 Å². The molecule has 82 valence electrons. The van der Waals surface area contributed by atoms with E-state index in [2.05, 4.69) is 17.2 Å². The molecule has 1 heterocycles. The first kappa shape index (κ1) is 11.2. The molecule has 1 N–H and O–H groups in total. The molecule has 1 atom stereocenters. The van der Waals surface area contributed by atoms with Crippen molar-refractivity contribution in [2.24, 2.45) is 0 Å². The van der Waals surface area contributed by atoms with E-state index in [4.69, 9.17) is 11.6 Å². The second kappa shape index (κ2) is 5.19. The lowest BCUT2D eigenvalue weighted by atomic mass is 10.4. The van der Waals surface area contributed by atoms with Gasteiger partial charge in [0.2, 0.25) is 0 Å². The minimum Gasteiger partial charge on any atom is -0.313 e. The van der Waals surface area contributed by atoms with E-state index in [-0.39, 0.29) is 0 Å². The second-order valence-electron chi connectivity index (χ2n) is 3.93. The molecule has 0 bridgehead atoms. The molecule has 0 saturated heterocycles. The minimum atomic E-state index is 0.555. The summed E-state index contributed by atoms with van der Waals surface area (Å²) in [5.41, 5.74) is 0. The van der Waals surface area contributed by atoms with Gasteiger partial charge < -0.3 is 5.32 Å². The average molecular weight is 243 g/mol. The van der Waals surface area contributed by atoms with Gasteiger partial charge in [-0.2, -0.15) is 0 Å². The molecule has 15 heavy (non-hydrogen) atoms. The molecule has 1 aromatic heterocycles. The van der Waals surface area contributed by atoms with E-state index in [1.54, 1.807) is 18.0 Å². The van der Waals surface area contributed by atoms with Crippen molar-refractivity contribution < 1.29 is 0 Å². The Balaban J connectivity index is 1.76. The third kappa shape index (κ3) is 4.01. The fourth-order valence-corrected chi connectivity index (χ4v) is 2.26. The molecule has 2 rings (SSSR count). The number of hydrogen-bond donors (Lipinski definition) is 1. The lowest BCUT2D eigenvalue weighted by Crippen LogP contribution is -2.24. The first-order valence-electron chi connectivity index (χ1n) is 5.25. The monoisotopic (exact) mass is 242 g/mol. The average Bonchev–Trinajstić information content (AvgIpc) is 3.02. The summed E-state index contributed by atoms with van der Waals surface area (Å²) in [6.45, 7) is 3.27. The molecule has 0 amide bonds. The summed E-state index contributed by atoms with van der Waals surface area (Å²) in [6.07, 6.45) is 4.39. The highest BCUT2D eigenvalue weighted by Crippen LogP contribution is 2.23. The van der Waals surface area contributed by atoms with Crippen LogP contribution >= 0.6 is 23.4 Å². The summed E-state index contributed by atoms with van der Waals surface area (Å²) in [6, 6.07) is 4.64. The zero-order chi connectivity index (χ0) is 10.7. The van der Waals surface area contributed by atoms with Gasteiger partial charge in [-0.05, 0) is 25.0 Å². The van der Waals surface area contributed by atoms with Crippen LogP contribution in [0.3, 0.4) is 0 Å². The maximum atomic E-state index is 5.78. The van der Waals surface area contributed by atoms with Crippen molar-refractivity contribution in [3.05, 3.63) is 23.4 Å². The van der Waals surface area contributed by atoms with E-state index in [0.717, 1.165) is 17.6 Å². The molecule has 1 unspecified atom stereocenters. The Bertz CT molecular complexity index is 311. The van der Waals surface area contributed by atoms with Crippen molar-refractivity contribution in [1.82, 2.24) is 10.3 Å². The molecule has 1 aliphatic carbocycles. The minimum absolute atomic E-state index is 0.555. The maximum absolute atomic E-state index is 5.78. The summed E-state index contributed by atoms with van der Waals surface area (Å²) in [4.78, 5) is 4.26. The molecular formula is C11H15ClN2S. The van der Waals surface area contributed by atoms with Crippen molar-refractivity contribution in [3.63, 3.8) is 0 Å². The predicted octanol–water partition coefficient (Wildman–Crippen LogP) is 2.97. The third-order valence-electron chi connectivity index (χ3n) is 2.29. The molecule has 1 fully saturated rings. The van der Waals surface area contributed by atoms with E-state index in [0.29, 0.717) is 10.3 Å². The third-order valence-corrected chi connectivity index (χ3v) is 3.57. The number of pyridine rings is 1. The highest BCUT2D eigenvalue weighted by Gasteiger charge is 2.21. The highest BCUT2D eigenvalue weighted by molar-refractivity contribution is 7.99. The van der Waals surface area contributed by atoms with Crippen molar-refractivity contribution in [2.75, 3.05) is 6.54 Å². The van der Waals surface area contributed by atoms with Gasteiger partial charge in [0.1, 0.15) is 0 Å². The van der Waals surface area contributed by atoms with Crippen molar-refractivity contribution in [1.29, 1.82) is 0 Å². The zero-order valence-corrected chi connectivity index (χ0v) is 10.3. The van der Waals surface area contributed by atoms with Crippen molar-refractivity contribution in [2.45, 2.75) is 36.1 Å². The molecule has 4 heteroatoms. The quantitative estimate of drug-likeness (QED) is 0.804. The summed E-state index contributed by atoms with van der Waals surface area (Å²) in [5, 5.41) is 5.81. The SMILES string of the molecule is CC(CNC1CC1)Sc1ccc(Cl)cn1. The molecule has 1 saturated carbocycles. The number of halogens is 1. The number of nitrogens with one attached hydrogen (secondary N) is 1. The Labute approximate surface area is 99.8 Å². The normalized spacial score (nSPS) is 17.7. The van der Waals surface area contributed by atoms with E-state index in [1.807, 2.05) is 12.1 Å². The van der Waals surface area contributed by atoms with E-state index in [1.165, 1.54) is 12.8 Å². The van der Waals surface area contributed by atoms with Crippen LogP contribution in [-0.4, -0.2) is 22.8 Å². The standard InChI is InChI=1S/C11H15ClN2S/c1-8(6-13-10-3-4-10)15-11-5-2-9(12)7-14-11/h2,5,7-8,10,13H,3-4,6H2,1H3. The van der Waals surface area contributed by atoms with Gasteiger partial charge in [0, 0.05) is 24.0 Å². The highest BCUT2D eigenvalue weighted by atomic mass is 35.5. The van der Waals surface area contributed by atoms with Crippen LogP contribution in [0.15, 0.2) is 23.4 Å². The van der Waals surface area contributed by atoms with Crippen LogP contribution in [0.2, 0.25) is 5.02 Å². The second-order valence-corrected chi connectivity index (χ2v) is 5.82. The van der Waals surface area contributed by atoms with Crippen LogP contribution in [0, 0.1) is 0 Å². The lowest BCUT2D eigenvalue weighted by molar-refractivity contribution is 0.678. The molecule has 0 aliphatic heterocycles. The number of hydrogen-bond acceptors (Lipinski definition) is 3. The number of aromatic nitrogens is 1. The van der Waals surface area contributed by atoms with Crippen LogP contribution in [0.25, 0.3) is 0 Å². The largest absolute Gasteiger partial charge is 0.313 e. The van der Waals surface area contributed by atoms with Crippen molar-refractivity contribution >= 4 is 23.4 Å². The summed E-state index contributed by atoms with van der Waals surface area (Å²) in [7, 11) is 0. The van der Waals surface area contributed by atoms with Crippen LogP contribution in [-0.2, 0) is 0 Å². The Morgan fingerprint density at radius 1 is 1.60 bits per heavy atom. The first-order chi connectivity index (χ1) is 7.24.